The van der Waals surface area contributed by atoms with Gasteiger partial charge in [0.25, 0.3) is 0 Å². The summed E-state index contributed by atoms with van der Waals surface area (Å²) in [7, 11) is 0. The first kappa shape index (κ1) is 11.7. The summed E-state index contributed by atoms with van der Waals surface area (Å²) in [6.07, 6.45) is -0.951. The van der Waals surface area contributed by atoms with Crippen LogP contribution in [0.2, 0.25) is 5.02 Å². The molecule has 1 aliphatic rings. The number of benzene rings is 2. The van der Waals surface area contributed by atoms with Crippen LogP contribution >= 0.6 is 11.6 Å². The Labute approximate surface area is 111 Å². The van der Waals surface area contributed by atoms with E-state index in [0.29, 0.717) is 11.6 Å². The Bertz CT molecular complexity index is 551. The van der Waals surface area contributed by atoms with Crippen LogP contribution in [-0.4, -0.2) is 5.11 Å². The molecule has 0 fully saturated rings. The maximum absolute atomic E-state index is 10.4. The number of hydrogen-bond donors (Lipinski definition) is 1. The second kappa shape index (κ2) is 4.73. The number of aliphatic hydroxyl groups is 1. The highest BCUT2D eigenvalue weighted by molar-refractivity contribution is 6.30. The van der Waals surface area contributed by atoms with Crippen molar-refractivity contribution in [1.29, 1.82) is 0 Å². The quantitative estimate of drug-likeness (QED) is 0.893. The summed E-state index contributed by atoms with van der Waals surface area (Å²) in [5.41, 5.74) is 3.04. The van der Waals surface area contributed by atoms with Crippen LogP contribution in [0.5, 0.6) is 0 Å². The van der Waals surface area contributed by atoms with Gasteiger partial charge in [0.2, 0.25) is 0 Å². The van der Waals surface area contributed by atoms with Gasteiger partial charge < -0.3 is 9.84 Å². The van der Waals surface area contributed by atoms with Gasteiger partial charge in [-0.15, -0.1) is 0 Å². The van der Waals surface area contributed by atoms with Crippen molar-refractivity contribution < 1.29 is 9.84 Å². The molecule has 0 aromatic heterocycles. The molecule has 0 amide bonds. The predicted octanol–water partition coefficient (Wildman–Crippen LogP) is 3.64. The summed E-state index contributed by atoms with van der Waals surface area (Å²) in [5.74, 6) is 0. The van der Waals surface area contributed by atoms with E-state index in [-0.39, 0.29) is 6.10 Å². The fourth-order valence-electron chi connectivity index (χ4n) is 2.31. The highest BCUT2D eigenvalue weighted by Gasteiger charge is 2.30. The number of aliphatic hydroxyl groups excluding tert-OH is 1. The predicted molar refractivity (Wildman–Crippen MR) is 70.4 cm³/mol. The standard InChI is InChI=1S/C15H13ClO2/c16-12-7-5-10(6-8-12)14(17)15-13-4-2-1-3-11(13)9-18-15/h1-8,14-15,17H,9H2/t14-,15-/m0/s1. The highest BCUT2D eigenvalue weighted by atomic mass is 35.5. The molecule has 2 aromatic rings. The lowest BCUT2D eigenvalue weighted by molar-refractivity contribution is -0.0314. The van der Waals surface area contributed by atoms with Gasteiger partial charge in [-0.25, -0.2) is 0 Å². The third-order valence-electron chi connectivity index (χ3n) is 3.28. The third-order valence-corrected chi connectivity index (χ3v) is 3.53. The number of rotatable bonds is 2. The minimum Gasteiger partial charge on any atom is -0.385 e. The zero-order chi connectivity index (χ0) is 12.5. The first-order valence-corrected chi connectivity index (χ1v) is 6.26. The lowest BCUT2D eigenvalue weighted by Gasteiger charge is -2.19. The van der Waals surface area contributed by atoms with Gasteiger partial charge in [-0.2, -0.15) is 0 Å². The zero-order valence-electron chi connectivity index (χ0n) is 9.71. The molecule has 2 nitrogen and oxygen atoms in total. The van der Waals surface area contributed by atoms with Crippen LogP contribution in [0.1, 0.15) is 28.9 Å². The van der Waals surface area contributed by atoms with Crippen molar-refractivity contribution in [2.45, 2.75) is 18.8 Å². The number of fused-ring (bicyclic) bond motifs is 1. The van der Waals surface area contributed by atoms with Crippen molar-refractivity contribution in [2.24, 2.45) is 0 Å². The highest BCUT2D eigenvalue weighted by Crippen LogP contribution is 2.39. The van der Waals surface area contributed by atoms with E-state index in [0.717, 1.165) is 16.7 Å². The van der Waals surface area contributed by atoms with Crippen LogP contribution < -0.4 is 0 Å². The smallest absolute Gasteiger partial charge is 0.113 e. The van der Waals surface area contributed by atoms with Gasteiger partial charge in [0, 0.05) is 5.02 Å². The van der Waals surface area contributed by atoms with E-state index in [4.69, 9.17) is 16.3 Å². The van der Waals surface area contributed by atoms with Gasteiger partial charge in [0.05, 0.1) is 6.61 Å². The van der Waals surface area contributed by atoms with Gasteiger partial charge in [-0.3, -0.25) is 0 Å². The van der Waals surface area contributed by atoms with Crippen molar-refractivity contribution in [1.82, 2.24) is 0 Å². The molecule has 0 saturated carbocycles. The number of hydrogen-bond acceptors (Lipinski definition) is 2. The minimum atomic E-state index is -0.661. The molecule has 3 heteroatoms. The Kier molecular flexibility index (Phi) is 3.08. The Morgan fingerprint density at radius 1 is 1.11 bits per heavy atom. The van der Waals surface area contributed by atoms with Crippen LogP contribution in [-0.2, 0) is 11.3 Å². The molecule has 2 atom stereocenters. The average Bonchev–Trinajstić information content (AvgIpc) is 2.82. The second-order valence-electron chi connectivity index (χ2n) is 4.43. The molecule has 0 unspecified atom stereocenters. The molecule has 92 valence electrons. The van der Waals surface area contributed by atoms with E-state index < -0.39 is 6.10 Å². The maximum Gasteiger partial charge on any atom is 0.113 e. The summed E-state index contributed by atoms with van der Waals surface area (Å²) in [5, 5.41) is 11.1. The Morgan fingerprint density at radius 3 is 2.61 bits per heavy atom. The topological polar surface area (TPSA) is 29.5 Å². The van der Waals surface area contributed by atoms with Crippen molar-refractivity contribution >= 4 is 11.6 Å². The fourth-order valence-corrected chi connectivity index (χ4v) is 2.43. The molecule has 1 aliphatic heterocycles. The van der Waals surface area contributed by atoms with E-state index in [1.54, 1.807) is 12.1 Å². The van der Waals surface area contributed by atoms with Crippen molar-refractivity contribution in [3.8, 4) is 0 Å². The normalized spacial score (nSPS) is 19.6. The SMILES string of the molecule is O[C@@H](c1ccc(Cl)cc1)[C@H]1OCc2ccccc21. The summed E-state index contributed by atoms with van der Waals surface area (Å²) in [4.78, 5) is 0. The molecule has 18 heavy (non-hydrogen) atoms. The second-order valence-corrected chi connectivity index (χ2v) is 4.86. The maximum atomic E-state index is 10.4. The van der Waals surface area contributed by atoms with Gasteiger partial charge in [0.1, 0.15) is 12.2 Å². The van der Waals surface area contributed by atoms with Crippen molar-refractivity contribution in [3.05, 3.63) is 70.2 Å². The number of halogens is 1. The molecule has 3 rings (SSSR count). The van der Waals surface area contributed by atoms with Crippen LogP contribution in [0.15, 0.2) is 48.5 Å². The zero-order valence-corrected chi connectivity index (χ0v) is 10.5. The van der Waals surface area contributed by atoms with Gasteiger partial charge in [-0.05, 0) is 28.8 Å². The van der Waals surface area contributed by atoms with Crippen molar-refractivity contribution in [2.75, 3.05) is 0 Å². The third kappa shape index (κ3) is 2.03. The van der Waals surface area contributed by atoms with E-state index >= 15 is 0 Å². The summed E-state index contributed by atoms with van der Waals surface area (Å²) < 4.78 is 5.69. The first-order chi connectivity index (χ1) is 8.75. The molecule has 0 aliphatic carbocycles. The van der Waals surface area contributed by atoms with Gasteiger partial charge in [0.15, 0.2) is 0 Å². The average molecular weight is 261 g/mol. The summed E-state index contributed by atoms with van der Waals surface area (Å²) in [6, 6.07) is 15.2. The molecule has 0 radical (unpaired) electrons. The molecule has 1 N–H and O–H groups in total. The Hall–Kier alpha value is -1.35. The molecule has 0 saturated heterocycles. The van der Waals surface area contributed by atoms with Crippen LogP contribution in [0.25, 0.3) is 0 Å². The van der Waals surface area contributed by atoms with E-state index in [9.17, 15) is 5.11 Å². The summed E-state index contributed by atoms with van der Waals surface area (Å²) in [6.45, 7) is 0.561. The van der Waals surface area contributed by atoms with E-state index in [1.165, 1.54) is 0 Å². The monoisotopic (exact) mass is 260 g/mol. The fraction of sp³-hybridized carbons (Fsp3) is 0.200. The molecule has 1 heterocycles. The Morgan fingerprint density at radius 2 is 1.83 bits per heavy atom. The lowest BCUT2D eigenvalue weighted by Crippen LogP contribution is -2.09. The lowest BCUT2D eigenvalue weighted by atomic mass is 9.97. The molecule has 2 aromatic carbocycles. The van der Waals surface area contributed by atoms with Crippen LogP contribution in [0.4, 0.5) is 0 Å². The van der Waals surface area contributed by atoms with E-state index in [1.807, 2.05) is 36.4 Å². The summed E-state index contributed by atoms with van der Waals surface area (Å²) >= 11 is 5.84. The van der Waals surface area contributed by atoms with E-state index in [2.05, 4.69) is 0 Å². The largest absolute Gasteiger partial charge is 0.385 e. The molecular weight excluding hydrogens is 248 g/mol. The Balaban J connectivity index is 1.90. The van der Waals surface area contributed by atoms with Crippen LogP contribution in [0.3, 0.4) is 0 Å². The van der Waals surface area contributed by atoms with Gasteiger partial charge >= 0.3 is 0 Å². The molecule has 0 spiro atoms. The number of ether oxygens (including phenoxy) is 1. The minimum absolute atomic E-state index is 0.289. The van der Waals surface area contributed by atoms with Crippen molar-refractivity contribution in [3.63, 3.8) is 0 Å². The van der Waals surface area contributed by atoms with Crippen LogP contribution in [0, 0.1) is 0 Å². The molecule has 0 bridgehead atoms. The molecular formula is C15H13ClO2. The first-order valence-electron chi connectivity index (χ1n) is 5.88. The van der Waals surface area contributed by atoms with Gasteiger partial charge in [-0.1, -0.05) is 48.0 Å².